The highest BCUT2D eigenvalue weighted by molar-refractivity contribution is 7.99. The molecule has 0 spiro atoms. The molecule has 0 unspecified atom stereocenters. The second-order valence-corrected chi connectivity index (χ2v) is 5.96. The largest absolute Gasteiger partial charge is 0.416 e. The summed E-state index contributed by atoms with van der Waals surface area (Å²) in [6, 6.07) is 7.21. The topological polar surface area (TPSA) is 51.0 Å². The van der Waals surface area contributed by atoms with Gasteiger partial charge in [0.25, 0.3) is 5.22 Å². The van der Waals surface area contributed by atoms with Crippen molar-refractivity contribution in [2.45, 2.75) is 49.4 Å². The maximum absolute atomic E-state index is 5.37. The predicted molar refractivity (Wildman–Crippen MR) is 74.2 cm³/mol. The smallest absolute Gasteiger partial charge is 0.281 e. The third kappa shape index (κ3) is 3.36. The van der Waals surface area contributed by atoms with Crippen LogP contribution in [0.15, 0.2) is 32.7 Å². The Morgan fingerprint density at radius 3 is 2.79 bits per heavy atom. The number of hydrogen-bond donors (Lipinski definition) is 1. The zero-order valence-corrected chi connectivity index (χ0v) is 12.0. The summed E-state index contributed by atoms with van der Waals surface area (Å²) in [4.78, 5) is 1.14. The maximum atomic E-state index is 5.37. The Kier molecular flexibility index (Phi) is 3.57. The first-order valence-corrected chi connectivity index (χ1v) is 7.33. The molecule has 2 aromatic rings. The highest BCUT2D eigenvalue weighted by Gasteiger charge is 2.20. The SMILES string of the molecule is Cc1nnc(Sc2ccc(CNC3CC3)c(C)c2)o1. The molecule has 0 bridgehead atoms. The molecule has 0 saturated heterocycles. The molecule has 5 heteroatoms. The van der Waals surface area contributed by atoms with Crippen LogP contribution in [0.5, 0.6) is 0 Å². The Labute approximate surface area is 117 Å². The Morgan fingerprint density at radius 2 is 2.16 bits per heavy atom. The molecule has 4 nitrogen and oxygen atoms in total. The summed E-state index contributed by atoms with van der Waals surface area (Å²) in [5.41, 5.74) is 2.66. The molecule has 1 heterocycles. The molecule has 1 saturated carbocycles. The van der Waals surface area contributed by atoms with Crippen molar-refractivity contribution in [1.82, 2.24) is 15.5 Å². The van der Waals surface area contributed by atoms with Gasteiger partial charge in [0, 0.05) is 24.4 Å². The fraction of sp³-hybridized carbons (Fsp3) is 0.429. The molecule has 1 aromatic heterocycles. The molecule has 0 aliphatic heterocycles. The number of benzene rings is 1. The van der Waals surface area contributed by atoms with Crippen molar-refractivity contribution < 1.29 is 4.42 Å². The van der Waals surface area contributed by atoms with Gasteiger partial charge in [-0.05, 0) is 54.8 Å². The van der Waals surface area contributed by atoms with Crippen LogP contribution in [0, 0.1) is 13.8 Å². The third-order valence-corrected chi connectivity index (χ3v) is 4.01. The van der Waals surface area contributed by atoms with Crippen molar-refractivity contribution in [2.24, 2.45) is 0 Å². The van der Waals surface area contributed by atoms with Gasteiger partial charge in [0.15, 0.2) is 0 Å². The minimum absolute atomic E-state index is 0.598. The van der Waals surface area contributed by atoms with E-state index in [4.69, 9.17) is 4.42 Å². The number of rotatable bonds is 5. The summed E-state index contributed by atoms with van der Waals surface area (Å²) >= 11 is 1.51. The van der Waals surface area contributed by atoms with Crippen molar-refractivity contribution in [3.63, 3.8) is 0 Å². The quantitative estimate of drug-likeness (QED) is 0.908. The number of aromatic nitrogens is 2. The van der Waals surface area contributed by atoms with Crippen LogP contribution < -0.4 is 5.32 Å². The van der Waals surface area contributed by atoms with Gasteiger partial charge in [-0.1, -0.05) is 6.07 Å². The lowest BCUT2D eigenvalue weighted by atomic mass is 10.1. The van der Waals surface area contributed by atoms with Crippen molar-refractivity contribution >= 4 is 11.8 Å². The van der Waals surface area contributed by atoms with E-state index in [0.717, 1.165) is 17.5 Å². The lowest BCUT2D eigenvalue weighted by Gasteiger charge is -2.08. The fourth-order valence-corrected chi connectivity index (χ4v) is 2.71. The highest BCUT2D eigenvalue weighted by Crippen LogP contribution is 2.28. The van der Waals surface area contributed by atoms with E-state index in [1.807, 2.05) is 0 Å². The molecule has 1 aliphatic carbocycles. The summed E-state index contributed by atoms with van der Waals surface area (Å²) in [7, 11) is 0. The van der Waals surface area contributed by atoms with Gasteiger partial charge < -0.3 is 9.73 Å². The van der Waals surface area contributed by atoms with Crippen molar-refractivity contribution in [3.05, 3.63) is 35.2 Å². The fourth-order valence-electron chi connectivity index (χ4n) is 1.89. The van der Waals surface area contributed by atoms with Crippen LogP contribution >= 0.6 is 11.8 Å². The number of aryl methyl sites for hydroxylation is 2. The molecule has 0 amide bonds. The first kappa shape index (κ1) is 12.7. The first-order valence-electron chi connectivity index (χ1n) is 6.51. The standard InChI is InChI=1S/C14H17N3OS/c1-9-7-13(19-14-17-16-10(2)18-14)6-3-11(9)8-15-12-4-5-12/h3,6-7,12,15H,4-5,8H2,1-2H3. The molecule has 1 fully saturated rings. The van der Waals surface area contributed by atoms with E-state index in [-0.39, 0.29) is 0 Å². The van der Waals surface area contributed by atoms with Gasteiger partial charge in [-0.2, -0.15) is 0 Å². The first-order chi connectivity index (χ1) is 9.20. The molecule has 19 heavy (non-hydrogen) atoms. The summed E-state index contributed by atoms with van der Waals surface area (Å²) in [6.45, 7) is 4.91. The molecule has 1 aromatic carbocycles. The van der Waals surface area contributed by atoms with E-state index in [2.05, 4.69) is 40.6 Å². The highest BCUT2D eigenvalue weighted by atomic mass is 32.2. The van der Waals surface area contributed by atoms with Gasteiger partial charge in [-0.15, -0.1) is 10.2 Å². The lowest BCUT2D eigenvalue weighted by molar-refractivity contribution is 0.429. The zero-order valence-electron chi connectivity index (χ0n) is 11.1. The number of hydrogen-bond acceptors (Lipinski definition) is 5. The minimum Gasteiger partial charge on any atom is -0.416 e. The molecular formula is C14H17N3OS. The second-order valence-electron chi connectivity index (χ2n) is 4.93. The van der Waals surface area contributed by atoms with E-state index in [1.54, 1.807) is 6.92 Å². The Balaban J connectivity index is 1.67. The van der Waals surface area contributed by atoms with Gasteiger partial charge in [0.2, 0.25) is 5.89 Å². The minimum atomic E-state index is 0.598. The molecule has 1 N–H and O–H groups in total. The van der Waals surface area contributed by atoms with Crippen LogP contribution in [0.4, 0.5) is 0 Å². The van der Waals surface area contributed by atoms with E-state index in [1.165, 1.54) is 35.7 Å². The van der Waals surface area contributed by atoms with Crippen LogP contribution in [0.1, 0.15) is 29.9 Å². The van der Waals surface area contributed by atoms with Crippen molar-refractivity contribution in [2.75, 3.05) is 0 Å². The monoisotopic (exact) mass is 275 g/mol. The van der Waals surface area contributed by atoms with Crippen LogP contribution in [-0.4, -0.2) is 16.2 Å². The van der Waals surface area contributed by atoms with Crippen LogP contribution in [0.2, 0.25) is 0 Å². The van der Waals surface area contributed by atoms with Gasteiger partial charge >= 0.3 is 0 Å². The molecule has 3 rings (SSSR count). The van der Waals surface area contributed by atoms with Gasteiger partial charge in [-0.25, -0.2) is 0 Å². The average molecular weight is 275 g/mol. The van der Waals surface area contributed by atoms with E-state index in [9.17, 15) is 0 Å². The summed E-state index contributed by atoms with van der Waals surface area (Å²) < 4.78 is 5.37. The van der Waals surface area contributed by atoms with E-state index < -0.39 is 0 Å². The van der Waals surface area contributed by atoms with Crippen molar-refractivity contribution in [1.29, 1.82) is 0 Å². The maximum Gasteiger partial charge on any atom is 0.281 e. The van der Waals surface area contributed by atoms with Gasteiger partial charge in [-0.3, -0.25) is 0 Å². The van der Waals surface area contributed by atoms with E-state index >= 15 is 0 Å². The number of nitrogens with one attached hydrogen (secondary N) is 1. The lowest BCUT2D eigenvalue weighted by Crippen LogP contribution is -2.15. The summed E-state index contributed by atoms with van der Waals surface area (Å²) in [6.07, 6.45) is 2.65. The Bertz CT molecular complexity index is 578. The van der Waals surface area contributed by atoms with Crippen LogP contribution in [-0.2, 0) is 6.54 Å². The van der Waals surface area contributed by atoms with Gasteiger partial charge in [0.1, 0.15) is 0 Å². The van der Waals surface area contributed by atoms with Gasteiger partial charge in [0.05, 0.1) is 0 Å². The third-order valence-electron chi connectivity index (χ3n) is 3.19. The predicted octanol–water partition coefficient (Wildman–Crippen LogP) is 3.09. The molecule has 100 valence electrons. The summed E-state index contributed by atoms with van der Waals surface area (Å²) in [5.74, 6) is 0.601. The molecular weight excluding hydrogens is 258 g/mol. The van der Waals surface area contributed by atoms with Crippen LogP contribution in [0.3, 0.4) is 0 Å². The zero-order chi connectivity index (χ0) is 13.2. The van der Waals surface area contributed by atoms with Crippen molar-refractivity contribution in [3.8, 4) is 0 Å². The Hall–Kier alpha value is -1.33. The molecule has 0 radical (unpaired) electrons. The van der Waals surface area contributed by atoms with E-state index in [0.29, 0.717) is 11.1 Å². The average Bonchev–Trinajstić information content (AvgIpc) is 3.12. The van der Waals surface area contributed by atoms with Crippen LogP contribution in [0.25, 0.3) is 0 Å². The molecule has 1 aliphatic rings. The normalized spacial score (nSPS) is 14.8. The number of nitrogens with zero attached hydrogens (tertiary/aromatic N) is 2. The second kappa shape index (κ2) is 5.35. The summed E-state index contributed by atoms with van der Waals surface area (Å²) in [5, 5.41) is 12.0. The Morgan fingerprint density at radius 1 is 1.32 bits per heavy atom. The molecule has 0 atom stereocenters.